The second kappa shape index (κ2) is 11.8. The van der Waals surface area contributed by atoms with E-state index < -0.39 is 30.7 Å². The number of aliphatic hydroxyl groups is 3. The van der Waals surface area contributed by atoms with Crippen LogP contribution in [0.15, 0.2) is 0 Å². The fourth-order valence-corrected chi connectivity index (χ4v) is 2.55. The first-order valence-electron chi connectivity index (χ1n) is 8.98. The van der Waals surface area contributed by atoms with E-state index in [1.807, 2.05) is 6.92 Å². The molecular weight excluding hydrogens is 316 g/mol. The molecule has 0 spiro atoms. The molecule has 1 unspecified atom stereocenters. The van der Waals surface area contributed by atoms with Crippen molar-refractivity contribution >= 4 is 5.97 Å². The number of ether oxygens (including phenoxy) is 3. The molecule has 0 bridgehead atoms. The molecule has 24 heavy (non-hydrogen) atoms. The van der Waals surface area contributed by atoms with Crippen molar-refractivity contribution in [3.8, 4) is 0 Å². The average Bonchev–Trinajstić information content (AvgIpc) is 2.58. The molecule has 0 aliphatic carbocycles. The van der Waals surface area contributed by atoms with Crippen molar-refractivity contribution in [1.82, 2.24) is 0 Å². The van der Waals surface area contributed by atoms with E-state index >= 15 is 0 Å². The molecule has 1 aliphatic rings. The molecule has 3 N–H and O–H groups in total. The molecule has 7 nitrogen and oxygen atoms in total. The van der Waals surface area contributed by atoms with E-state index in [0.717, 1.165) is 38.5 Å². The first-order valence-corrected chi connectivity index (χ1v) is 8.98. The summed E-state index contributed by atoms with van der Waals surface area (Å²) in [6.07, 6.45) is 0.197. The lowest BCUT2D eigenvalue weighted by atomic mass is 9.99. The van der Waals surface area contributed by atoms with Gasteiger partial charge in [0.1, 0.15) is 31.0 Å². The Morgan fingerprint density at radius 1 is 0.958 bits per heavy atom. The second-order valence-electron chi connectivity index (χ2n) is 6.23. The molecule has 0 amide bonds. The summed E-state index contributed by atoms with van der Waals surface area (Å²) in [5.41, 5.74) is 0. The van der Waals surface area contributed by atoms with Crippen LogP contribution in [0.3, 0.4) is 0 Å². The molecule has 0 radical (unpaired) electrons. The quantitative estimate of drug-likeness (QED) is 0.379. The monoisotopic (exact) mass is 348 g/mol. The van der Waals surface area contributed by atoms with Gasteiger partial charge in [-0.1, -0.05) is 39.5 Å². The summed E-state index contributed by atoms with van der Waals surface area (Å²) in [7, 11) is 0. The van der Waals surface area contributed by atoms with Crippen molar-refractivity contribution in [2.24, 2.45) is 0 Å². The zero-order valence-corrected chi connectivity index (χ0v) is 14.7. The number of hydrogen-bond donors (Lipinski definition) is 3. The SMILES string of the molecule is CCCCCCCC(=O)OC[C@H]1OC(OCCC)[C@H](O)[C@@H](O)[C@@H]1O. The van der Waals surface area contributed by atoms with Gasteiger partial charge in [-0.05, 0) is 12.8 Å². The third kappa shape index (κ3) is 7.03. The van der Waals surface area contributed by atoms with Crippen LogP contribution in [0.1, 0.15) is 58.8 Å². The number of aliphatic hydroxyl groups excluding tert-OH is 3. The Kier molecular flexibility index (Phi) is 10.4. The van der Waals surface area contributed by atoms with Gasteiger partial charge in [-0.15, -0.1) is 0 Å². The molecule has 5 atom stereocenters. The maximum Gasteiger partial charge on any atom is 0.305 e. The van der Waals surface area contributed by atoms with Crippen LogP contribution in [0, 0.1) is 0 Å². The van der Waals surface area contributed by atoms with Crippen molar-refractivity contribution in [3.63, 3.8) is 0 Å². The lowest BCUT2D eigenvalue weighted by Gasteiger charge is -2.39. The highest BCUT2D eigenvalue weighted by Crippen LogP contribution is 2.22. The summed E-state index contributed by atoms with van der Waals surface area (Å²) in [5.74, 6) is -0.353. The largest absolute Gasteiger partial charge is 0.463 e. The van der Waals surface area contributed by atoms with Crippen LogP contribution in [0.25, 0.3) is 0 Å². The van der Waals surface area contributed by atoms with Crippen LogP contribution < -0.4 is 0 Å². The molecule has 7 heteroatoms. The van der Waals surface area contributed by atoms with E-state index in [9.17, 15) is 20.1 Å². The van der Waals surface area contributed by atoms with E-state index in [-0.39, 0.29) is 12.6 Å². The normalized spacial score (nSPS) is 30.3. The number of unbranched alkanes of at least 4 members (excludes halogenated alkanes) is 4. The van der Waals surface area contributed by atoms with Crippen LogP contribution in [0.2, 0.25) is 0 Å². The zero-order valence-electron chi connectivity index (χ0n) is 14.7. The molecule has 142 valence electrons. The van der Waals surface area contributed by atoms with Gasteiger partial charge in [-0.3, -0.25) is 4.79 Å². The number of carbonyl (C=O) groups excluding carboxylic acids is 1. The molecule has 0 aromatic heterocycles. The lowest BCUT2D eigenvalue weighted by molar-refractivity contribution is -0.301. The Balaban J connectivity index is 2.35. The van der Waals surface area contributed by atoms with Gasteiger partial charge in [0.05, 0.1) is 0 Å². The number of rotatable bonds is 11. The maximum atomic E-state index is 11.7. The van der Waals surface area contributed by atoms with Crippen molar-refractivity contribution < 1.29 is 34.3 Å². The molecule has 1 heterocycles. The number of carbonyl (C=O) groups is 1. The molecule has 1 saturated heterocycles. The van der Waals surface area contributed by atoms with E-state index in [1.54, 1.807) is 0 Å². The van der Waals surface area contributed by atoms with Gasteiger partial charge >= 0.3 is 5.97 Å². The minimum absolute atomic E-state index is 0.176. The second-order valence-corrected chi connectivity index (χ2v) is 6.23. The van der Waals surface area contributed by atoms with Crippen LogP contribution >= 0.6 is 0 Å². The molecular formula is C17H32O7. The third-order valence-electron chi connectivity index (χ3n) is 4.05. The maximum absolute atomic E-state index is 11.7. The van der Waals surface area contributed by atoms with Gasteiger partial charge in [0, 0.05) is 13.0 Å². The summed E-state index contributed by atoms with van der Waals surface area (Å²) < 4.78 is 15.9. The predicted octanol–water partition coefficient (Wildman–Crippen LogP) is 1.12. The van der Waals surface area contributed by atoms with Crippen molar-refractivity contribution in [3.05, 3.63) is 0 Å². The van der Waals surface area contributed by atoms with Crippen molar-refractivity contribution in [1.29, 1.82) is 0 Å². The fourth-order valence-electron chi connectivity index (χ4n) is 2.55. The molecule has 1 fully saturated rings. The van der Waals surface area contributed by atoms with E-state index in [2.05, 4.69) is 6.92 Å². The van der Waals surface area contributed by atoms with Crippen molar-refractivity contribution in [2.75, 3.05) is 13.2 Å². The first kappa shape index (κ1) is 21.3. The van der Waals surface area contributed by atoms with Gasteiger partial charge in [0.2, 0.25) is 0 Å². The summed E-state index contributed by atoms with van der Waals surface area (Å²) in [5, 5.41) is 29.7. The lowest BCUT2D eigenvalue weighted by Crippen LogP contribution is -2.59. The van der Waals surface area contributed by atoms with Gasteiger partial charge in [-0.25, -0.2) is 0 Å². The fraction of sp³-hybridized carbons (Fsp3) is 0.941. The summed E-state index contributed by atoms with van der Waals surface area (Å²) in [6, 6.07) is 0. The van der Waals surface area contributed by atoms with E-state index in [0.29, 0.717) is 13.0 Å². The van der Waals surface area contributed by atoms with E-state index in [4.69, 9.17) is 14.2 Å². The summed E-state index contributed by atoms with van der Waals surface area (Å²) >= 11 is 0. The number of esters is 1. The van der Waals surface area contributed by atoms with E-state index in [1.165, 1.54) is 0 Å². The minimum Gasteiger partial charge on any atom is -0.463 e. The smallest absolute Gasteiger partial charge is 0.305 e. The Bertz CT molecular complexity index is 350. The third-order valence-corrected chi connectivity index (χ3v) is 4.05. The van der Waals surface area contributed by atoms with Crippen LogP contribution in [-0.2, 0) is 19.0 Å². The standard InChI is InChI=1S/C17H32O7/c1-3-5-6-7-8-9-13(18)23-11-12-14(19)15(20)16(21)17(24-12)22-10-4-2/h12,14-17,19-21H,3-11H2,1-2H3/t12-,14-,15+,16-,17?/m1/s1. The zero-order chi connectivity index (χ0) is 17.9. The Morgan fingerprint density at radius 3 is 2.33 bits per heavy atom. The Morgan fingerprint density at radius 2 is 1.67 bits per heavy atom. The highest BCUT2D eigenvalue weighted by Gasteiger charge is 2.44. The Labute approximate surface area is 143 Å². The molecule has 0 aromatic rings. The topological polar surface area (TPSA) is 105 Å². The minimum atomic E-state index is -1.40. The molecule has 1 aliphatic heterocycles. The van der Waals surface area contributed by atoms with Crippen LogP contribution in [0.5, 0.6) is 0 Å². The van der Waals surface area contributed by atoms with Gasteiger partial charge in [0.15, 0.2) is 6.29 Å². The molecule has 0 aromatic carbocycles. The van der Waals surface area contributed by atoms with Crippen LogP contribution in [0.4, 0.5) is 0 Å². The Hall–Kier alpha value is -0.730. The van der Waals surface area contributed by atoms with Crippen LogP contribution in [-0.4, -0.2) is 65.2 Å². The van der Waals surface area contributed by atoms with Gasteiger partial charge in [0.25, 0.3) is 0 Å². The first-order chi connectivity index (χ1) is 11.5. The highest BCUT2D eigenvalue weighted by molar-refractivity contribution is 5.69. The summed E-state index contributed by atoms with van der Waals surface area (Å²) in [6.45, 7) is 4.21. The van der Waals surface area contributed by atoms with Crippen molar-refractivity contribution in [2.45, 2.75) is 89.5 Å². The number of hydrogen-bond acceptors (Lipinski definition) is 7. The highest BCUT2D eigenvalue weighted by atomic mass is 16.7. The summed E-state index contributed by atoms with van der Waals surface area (Å²) in [4.78, 5) is 11.7. The predicted molar refractivity (Wildman–Crippen MR) is 87.3 cm³/mol. The average molecular weight is 348 g/mol. The molecule has 0 saturated carbocycles. The molecule has 1 rings (SSSR count). The van der Waals surface area contributed by atoms with Gasteiger partial charge in [-0.2, -0.15) is 0 Å². The van der Waals surface area contributed by atoms with Gasteiger partial charge < -0.3 is 29.5 Å².